The molecule has 0 amide bonds. The Morgan fingerprint density at radius 3 is 2.55 bits per heavy atom. The highest BCUT2D eigenvalue weighted by atomic mass is 16.5. The van der Waals surface area contributed by atoms with Crippen molar-refractivity contribution in [1.29, 1.82) is 0 Å². The van der Waals surface area contributed by atoms with E-state index in [9.17, 15) is 0 Å². The molecular weight excluding hydrogens is 400 g/mol. The summed E-state index contributed by atoms with van der Waals surface area (Å²) in [6.45, 7) is 9.91. The van der Waals surface area contributed by atoms with Gasteiger partial charge in [-0.15, -0.1) is 0 Å². The molecule has 0 fully saturated rings. The lowest BCUT2D eigenvalue weighted by molar-refractivity contribution is -0.122. The fourth-order valence-electron chi connectivity index (χ4n) is 2.72. The van der Waals surface area contributed by atoms with Gasteiger partial charge >= 0.3 is 0 Å². The molecule has 0 spiro atoms. The van der Waals surface area contributed by atoms with Crippen LogP contribution in [0.15, 0.2) is 35.1 Å². The van der Waals surface area contributed by atoms with Crippen LogP contribution in [-0.4, -0.2) is 37.3 Å². The molecule has 0 atom stereocenters. The summed E-state index contributed by atoms with van der Waals surface area (Å²) in [4.78, 5) is 21.5. The predicted molar refractivity (Wildman–Crippen MR) is 114 cm³/mol. The van der Waals surface area contributed by atoms with Gasteiger partial charge in [-0.05, 0) is 46.2 Å². The van der Waals surface area contributed by atoms with Crippen LogP contribution in [-0.2, 0) is 17.8 Å². The van der Waals surface area contributed by atoms with Gasteiger partial charge in [0, 0.05) is 30.4 Å². The van der Waals surface area contributed by atoms with E-state index in [0.29, 0.717) is 23.2 Å². The van der Waals surface area contributed by atoms with Gasteiger partial charge in [-0.2, -0.15) is 4.98 Å². The monoisotopic (exact) mass is 428 g/mol. The second kappa shape index (κ2) is 11.1. The number of aromatic nitrogens is 4. The van der Waals surface area contributed by atoms with Crippen molar-refractivity contribution in [3.05, 3.63) is 48.0 Å². The number of rotatable bonds is 7. The summed E-state index contributed by atoms with van der Waals surface area (Å²) >= 11 is 0. The van der Waals surface area contributed by atoms with E-state index in [4.69, 9.17) is 23.9 Å². The van der Waals surface area contributed by atoms with Gasteiger partial charge in [0.25, 0.3) is 12.4 Å². The SMILES string of the molecule is CCCc1noc(COc2cc(OC(C)(C)C)ccc2-c2nccnc2C)n1.O=CO. The van der Waals surface area contributed by atoms with E-state index in [-0.39, 0.29) is 18.7 Å². The molecule has 0 radical (unpaired) electrons. The Bertz CT molecular complexity index is 982. The number of carboxylic acid groups (broad SMARTS) is 1. The first kappa shape index (κ1) is 23.8. The van der Waals surface area contributed by atoms with Gasteiger partial charge in [0.2, 0.25) is 0 Å². The molecule has 9 nitrogen and oxygen atoms in total. The Balaban J connectivity index is 0.00000107. The highest BCUT2D eigenvalue weighted by Gasteiger charge is 2.17. The van der Waals surface area contributed by atoms with Crippen LogP contribution in [0.5, 0.6) is 11.5 Å². The maximum atomic E-state index is 8.36. The average Bonchev–Trinajstić information content (AvgIpc) is 3.14. The third-order valence-electron chi connectivity index (χ3n) is 3.85. The quantitative estimate of drug-likeness (QED) is 0.551. The van der Waals surface area contributed by atoms with Gasteiger partial charge in [-0.3, -0.25) is 14.8 Å². The first-order valence-corrected chi connectivity index (χ1v) is 9.90. The highest BCUT2D eigenvalue weighted by molar-refractivity contribution is 5.70. The lowest BCUT2D eigenvalue weighted by Crippen LogP contribution is -2.22. The number of hydrogen-bond acceptors (Lipinski definition) is 8. The lowest BCUT2D eigenvalue weighted by atomic mass is 10.1. The molecule has 3 rings (SSSR count). The summed E-state index contributed by atoms with van der Waals surface area (Å²) in [6, 6.07) is 5.70. The summed E-state index contributed by atoms with van der Waals surface area (Å²) in [7, 11) is 0. The number of carbonyl (C=O) groups is 1. The van der Waals surface area contributed by atoms with E-state index in [1.54, 1.807) is 12.4 Å². The second-order valence-corrected chi connectivity index (χ2v) is 7.61. The third-order valence-corrected chi connectivity index (χ3v) is 3.85. The maximum Gasteiger partial charge on any atom is 0.290 e. The standard InChI is InChI=1S/C21H26N4O3.CH2O2/c1-6-7-18-24-19(28-25-18)13-26-17-12-15(27-21(3,4)5)8-9-16(17)20-14(2)22-10-11-23-20;2-1-3/h8-12H,6-7,13H2,1-5H3;1H,(H,2,3). The summed E-state index contributed by atoms with van der Waals surface area (Å²) in [6.07, 6.45) is 5.08. The van der Waals surface area contributed by atoms with Crippen LogP contribution in [0, 0.1) is 6.92 Å². The first-order chi connectivity index (χ1) is 14.8. The van der Waals surface area contributed by atoms with Crippen molar-refractivity contribution >= 4 is 6.47 Å². The Kier molecular flexibility index (Phi) is 8.48. The molecule has 1 aromatic carbocycles. The fraction of sp³-hybridized carbons (Fsp3) is 0.409. The van der Waals surface area contributed by atoms with Crippen LogP contribution in [0.4, 0.5) is 0 Å². The van der Waals surface area contributed by atoms with Gasteiger partial charge in [0.05, 0.1) is 11.4 Å². The molecule has 0 saturated carbocycles. The minimum atomic E-state index is -0.317. The summed E-state index contributed by atoms with van der Waals surface area (Å²) < 4.78 is 17.3. The van der Waals surface area contributed by atoms with Gasteiger partial charge in [0.1, 0.15) is 17.1 Å². The topological polar surface area (TPSA) is 120 Å². The van der Waals surface area contributed by atoms with Crippen molar-refractivity contribution in [1.82, 2.24) is 20.1 Å². The zero-order chi connectivity index (χ0) is 22.9. The summed E-state index contributed by atoms with van der Waals surface area (Å²) in [5.74, 6) is 2.47. The summed E-state index contributed by atoms with van der Waals surface area (Å²) in [5, 5.41) is 10.9. The molecule has 0 saturated heterocycles. The van der Waals surface area contributed by atoms with Crippen LogP contribution in [0.1, 0.15) is 51.5 Å². The number of benzene rings is 1. The predicted octanol–water partition coefficient (Wildman–Crippen LogP) is 4.24. The summed E-state index contributed by atoms with van der Waals surface area (Å²) in [5.41, 5.74) is 2.10. The largest absolute Gasteiger partial charge is 0.488 e. The molecule has 0 aliphatic carbocycles. The molecule has 31 heavy (non-hydrogen) atoms. The molecule has 0 aliphatic rings. The zero-order valence-electron chi connectivity index (χ0n) is 18.5. The fourth-order valence-corrected chi connectivity index (χ4v) is 2.72. The Hall–Kier alpha value is -3.49. The molecule has 2 aromatic heterocycles. The minimum absolute atomic E-state index is 0.169. The van der Waals surface area contributed by atoms with Crippen molar-refractivity contribution in [3.8, 4) is 22.8 Å². The molecule has 1 N–H and O–H groups in total. The molecular formula is C22H28N4O5. The molecule has 166 valence electrons. The van der Waals surface area contributed by atoms with Crippen LogP contribution >= 0.6 is 0 Å². The molecule has 2 heterocycles. The number of ether oxygens (including phenoxy) is 2. The van der Waals surface area contributed by atoms with Crippen LogP contribution in [0.25, 0.3) is 11.3 Å². The van der Waals surface area contributed by atoms with E-state index >= 15 is 0 Å². The van der Waals surface area contributed by atoms with Crippen LogP contribution in [0.2, 0.25) is 0 Å². The van der Waals surface area contributed by atoms with Gasteiger partial charge in [-0.1, -0.05) is 12.1 Å². The smallest absolute Gasteiger partial charge is 0.290 e. The Morgan fingerprint density at radius 2 is 1.90 bits per heavy atom. The van der Waals surface area contributed by atoms with Gasteiger partial charge in [-0.25, -0.2) is 0 Å². The Morgan fingerprint density at radius 1 is 1.19 bits per heavy atom. The van der Waals surface area contributed by atoms with Gasteiger partial charge < -0.3 is 19.1 Å². The van der Waals surface area contributed by atoms with E-state index in [0.717, 1.165) is 29.8 Å². The van der Waals surface area contributed by atoms with E-state index in [1.165, 1.54) is 0 Å². The third kappa shape index (κ3) is 7.36. The van der Waals surface area contributed by atoms with Gasteiger partial charge in [0.15, 0.2) is 12.4 Å². The second-order valence-electron chi connectivity index (χ2n) is 7.61. The van der Waals surface area contributed by atoms with Crippen molar-refractivity contribution in [2.45, 2.75) is 59.7 Å². The lowest BCUT2D eigenvalue weighted by Gasteiger charge is -2.22. The van der Waals surface area contributed by atoms with Crippen LogP contribution < -0.4 is 9.47 Å². The normalized spacial score (nSPS) is 10.7. The first-order valence-electron chi connectivity index (χ1n) is 9.90. The molecule has 0 bridgehead atoms. The highest BCUT2D eigenvalue weighted by Crippen LogP contribution is 2.35. The molecule has 9 heteroatoms. The average molecular weight is 428 g/mol. The zero-order valence-corrected chi connectivity index (χ0v) is 18.5. The number of nitrogens with zero attached hydrogens (tertiary/aromatic N) is 4. The van der Waals surface area contributed by atoms with Crippen molar-refractivity contribution < 1.29 is 23.9 Å². The van der Waals surface area contributed by atoms with E-state index in [1.807, 2.05) is 45.9 Å². The minimum Gasteiger partial charge on any atom is -0.488 e. The van der Waals surface area contributed by atoms with Crippen molar-refractivity contribution in [3.63, 3.8) is 0 Å². The number of hydrogen-bond donors (Lipinski definition) is 1. The van der Waals surface area contributed by atoms with E-state index in [2.05, 4.69) is 27.0 Å². The van der Waals surface area contributed by atoms with Crippen molar-refractivity contribution in [2.75, 3.05) is 0 Å². The molecule has 0 aliphatic heterocycles. The van der Waals surface area contributed by atoms with Crippen molar-refractivity contribution in [2.24, 2.45) is 0 Å². The maximum absolute atomic E-state index is 8.36. The number of aryl methyl sites for hydroxylation is 2. The Labute approximate surface area is 181 Å². The molecule has 3 aromatic rings. The molecule has 0 unspecified atom stereocenters. The van der Waals surface area contributed by atoms with E-state index < -0.39 is 0 Å². The van der Waals surface area contributed by atoms with Crippen LogP contribution in [0.3, 0.4) is 0 Å².